The second kappa shape index (κ2) is 7.94. The first-order valence-corrected chi connectivity index (χ1v) is 10.2. The first-order valence-electron chi connectivity index (χ1n) is 9.35. The summed E-state index contributed by atoms with van der Waals surface area (Å²) in [6.07, 6.45) is 4.02. The highest BCUT2D eigenvalue weighted by Crippen LogP contribution is 2.20. The maximum Gasteiger partial charge on any atom is 0.291 e. The quantitative estimate of drug-likeness (QED) is 0.469. The van der Waals surface area contributed by atoms with E-state index in [-0.39, 0.29) is 5.56 Å². The summed E-state index contributed by atoms with van der Waals surface area (Å²) in [5.74, 6) is 1.38. The average Bonchev–Trinajstić information content (AvgIpc) is 3.24. The van der Waals surface area contributed by atoms with Gasteiger partial charge in [0.05, 0.1) is 11.1 Å². The van der Waals surface area contributed by atoms with Crippen molar-refractivity contribution in [2.75, 3.05) is 6.61 Å². The van der Waals surface area contributed by atoms with E-state index in [9.17, 15) is 4.79 Å². The number of unbranched alkanes of at least 4 members (excludes halogenated alkanes) is 1. The highest BCUT2D eigenvalue weighted by molar-refractivity contribution is 7.15. The van der Waals surface area contributed by atoms with Crippen molar-refractivity contribution in [3.8, 4) is 17.1 Å². The third kappa shape index (κ3) is 3.82. The summed E-state index contributed by atoms with van der Waals surface area (Å²) in [7, 11) is 0. The van der Waals surface area contributed by atoms with Gasteiger partial charge in [0, 0.05) is 5.56 Å². The van der Waals surface area contributed by atoms with Crippen molar-refractivity contribution >= 4 is 22.4 Å². The van der Waals surface area contributed by atoms with Crippen LogP contribution in [0.4, 0.5) is 0 Å². The Morgan fingerprint density at radius 3 is 2.54 bits per heavy atom. The van der Waals surface area contributed by atoms with Gasteiger partial charge in [-0.2, -0.15) is 9.50 Å². The predicted octanol–water partition coefficient (Wildman–Crippen LogP) is 3.85. The molecule has 0 unspecified atom stereocenters. The Morgan fingerprint density at radius 1 is 1.11 bits per heavy atom. The van der Waals surface area contributed by atoms with E-state index in [1.54, 1.807) is 0 Å². The minimum absolute atomic E-state index is 0.140. The monoisotopic (exact) mass is 391 g/mol. The molecule has 0 bridgehead atoms. The first kappa shape index (κ1) is 18.4. The Balaban J connectivity index is 1.61. The molecule has 0 saturated heterocycles. The molecular formula is C22H21N3O2S. The van der Waals surface area contributed by atoms with Crippen LogP contribution in [-0.2, 0) is 0 Å². The number of hydrogen-bond donors (Lipinski definition) is 0. The van der Waals surface area contributed by atoms with Gasteiger partial charge in [-0.05, 0) is 49.2 Å². The molecule has 0 aliphatic rings. The highest BCUT2D eigenvalue weighted by Gasteiger charge is 2.12. The zero-order valence-corrected chi connectivity index (χ0v) is 16.7. The molecule has 0 saturated carbocycles. The molecule has 28 heavy (non-hydrogen) atoms. The fraction of sp³-hybridized carbons (Fsp3) is 0.227. The zero-order valence-electron chi connectivity index (χ0n) is 15.9. The first-order chi connectivity index (χ1) is 13.6. The third-order valence-corrected chi connectivity index (χ3v) is 5.40. The van der Waals surface area contributed by atoms with Crippen molar-refractivity contribution in [1.29, 1.82) is 0 Å². The smallest absolute Gasteiger partial charge is 0.291 e. The summed E-state index contributed by atoms with van der Waals surface area (Å²) >= 11 is 1.35. The second-order valence-corrected chi connectivity index (χ2v) is 7.69. The molecule has 4 rings (SSSR count). The summed E-state index contributed by atoms with van der Waals surface area (Å²) < 4.78 is 7.69. The van der Waals surface area contributed by atoms with Crippen LogP contribution in [0.3, 0.4) is 0 Å². The Bertz CT molecular complexity index is 1190. The summed E-state index contributed by atoms with van der Waals surface area (Å²) in [5.41, 5.74) is 2.90. The molecule has 142 valence electrons. The van der Waals surface area contributed by atoms with Gasteiger partial charge in [0.2, 0.25) is 4.96 Å². The maximum absolute atomic E-state index is 12.7. The molecule has 0 aliphatic carbocycles. The molecule has 0 amide bonds. The number of fused-ring (bicyclic) bond motifs is 1. The third-order valence-electron chi connectivity index (χ3n) is 4.44. The molecule has 6 heteroatoms. The summed E-state index contributed by atoms with van der Waals surface area (Å²) in [6.45, 7) is 4.89. The molecule has 0 atom stereocenters. The van der Waals surface area contributed by atoms with Crippen molar-refractivity contribution in [3.05, 3.63) is 74.5 Å². The van der Waals surface area contributed by atoms with Crippen LogP contribution in [0.2, 0.25) is 0 Å². The van der Waals surface area contributed by atoms with Crippen LogP contribution in [0.25, 0.3) is 22.4 Å². The minimum Gasteiger partial charge on any atom is -0.494 e. The van der Waals surface area contributed by atoms with Gasteiger partial charge in [0.25, 0.3) is 5.56 Å². The van der Waals surface area contributed by atoms with Crippen LogP contribution < -0.4 is 14.8 Å². The zero-order chi connectivity index (χ0) is 19.5. The van der Waals surface area contributed by atoms with Crippen LogP contribution in [-0.4, -0.2) is 21.2 Å². The molecule has 2 heterocycles. The van der Waals surface area contributed by atoms with Gasteiger partial charge in [-0.15, -0.1) is 5.10 Å². The van der Waals surface area contributed by atoms with Crippen molar-refractivity contribution in [2.45, 2.75) is 26.7 Å². The number of ether oxygens (including phenoxy) is 1. The lowest BCUT2D eigenvalue weighted by Crippen LogP contribution is -2.23. The van der Waals surface area contributed by atoms with E-state index < -0.39 is 0 Å². The molecule has 4 aromatic rings. The average molecular weight is 391 g/mol. The molecule has 2 aromatic heterocycles. The van der Waals surface area contributed by atoms with Crippen LogP contribution >= 0.6 is 11.3 Å². The van der Waals surface area contributed by atoms with Crippen LogP contribution in [0.1, 0.15) is 30.9 Å². The SMILES string of the molecule is CCCCOc1ccc(-c2nc3s/c(=C\c4ccc(C)cc4)c(=O)n3n2)cc1. The number of aryl methyl sites for hydroxylation is 1. The Morgan fingerprint density at radius 2 is 1.86 bits per heavy atom. The Hall–Kier alpha value is -2.99. The topological polar surface area (TPSA) is 56.5 Å². The lowest BCUT2D eigenvalue weighted by molar-refractivity contribution is 0.309. The van der Waals surface area contributed by atoms with Gasteiger partial charge < -0.3 is 4.74 Å². The molecule has 0 aliphatic heterocycles. The van der Waals surface area contributed by atoms with E-state index in [1.165, 1.54) is 21.4 Å². The Kier molecular flexibility index (Phi) is 5.21. The summed E-state index contributed by atoms with van der Waals surface area (Å²) in [5, 5.41) is 4.41. The minimum atomic E-state index is -0.140. The number of hydrogen-bond acceptors (Lipinski definition) is 5. The summed E-state index contributed by atoms with van der Waals surface area (Å²) in [6, 6.07) is 15.7. The standard InChI is InChI=1S/C22H21N3O2S/c1-3-4-13-27-18-11-9-17(10-12-18)20-23-22-25(24-20)21(26)19(28-22)14-16-7-5-15(2)6-8-16/h5-12,14H,3-4,13H2,1-2H3/b19-14-. The highest BCUT2D eigenvalue weighted by atomic mass is 32.1. The van der Waals surface area contributed by atoms with E-state index in [2.05, 4.69) is 17.0 Å². The van der Waals surface area contributed by atoms with Gasteiger partial charge in [-0.25, -0.2) is 0 Å². The van der Waals surface area contributed by atoms with E-state index in [1.807, 2.05) is 61.5 Å². The molecule has 2 aromatic carbocycles. The second-order valence-electron chi connectivity index (χ2n) is 6.68. The summed E-state index contributed by atoms with van der Waals surface area (Å²) in [4.78, 5) is 17.8. The van der Waals surface area contributed by atoms with Crippen LogP contribution in [0.5, 0.6) is 5.75 Å². The van der Waals surface area contributed by atoms with Crippen LogP contribution in [0.15, 0.2) is 53.3 Å². The van der Waals surface area contributed by atoms with Crippen molar-refractivity contribution in [2.24, 2.45) is 0 Å². The lowest BCUT2D eigenvalue weighted by Gasteiger charge is -2.05. The Labute approximate surface area is 166 Å². The molecule has 0 fully saturated rings. The van der Waals surface area contributed by atoms with Crippen molar-refractivity contribution < 1.29 is 4.74 Å². The van der Waals surface area contributed by atoms with E-state index in [0.717, 1.165) is 29.7 Å². The lowest BCUT2D eigenvalue weighted by atomic mass is 10.1. The number of thiazole rings is 1. The maximum atomic E-state index is 12.7. The molecule has 0 spiro atoms. The molecule has 0 radical (unpaired) electrons. The number of rotatable bonds is 6. The largest absolute Gasteiger partial charge is 0.494 e. The van der Waals surface area contributed by atoms with Gasteiger partial charge in [0.15, 0.2) is 5.82 Å². The van der Waals surface area contributed by atoms with Gasteiger partial charge in [-0.3, -0.25) is 4.79 Å². The van der Waals surface area contributed by atoms with Crippen LogP contribution in [0, 0.1) is 6.92 Å². The molecular weight excluding hydrogens is 370 g/mol. The van der Waals surface area contributed by atoms with E-state index >= 15 is 0 Å². The van der Waals surface area contributed by atoms with Crippen molar-refractivity contribution in [1.82, 2.24) is 14.6 Å². The van der Waals surface area contributed by atoms with E-state index in [4.69, 9.17) is 4.74 Å². The molecule has 0 N–H and O–H groups in total. The number of aromatic nitrogens is 3. The number of nitrogens with zero attached hydrogens (tertiary/aromatic N) is 3. The number of benzene rings is 2. The van der Waals surface area contributed by atoms with Gasteiger partial charge >= 0.3 is 0 Å². The van der Waals surface area contributed by atoms with Gasteiger partial charge in [-0.1, -0.05) is 54.5 Å². The molecule has 5 nitrogen and oxygen atoms in total. The fourth-order valence-electron chi connectivity index (χ4n) is 2.80. The normalized spacial score (nSPS) is 12.0. The predicted molar refractivity (Wildman–Crippen MR) is 113 cm³/mol. The van der Waals surface area contributed by atoms with Gasteiger partial charge in [0.1, 0.15) is 5.75 Å². The van der Waals surface area contributed by atoms with Crippen molar-refractivity contribution in [3.63, 3.8) is 0 Å². The fourth-order valence-corrected chi connectivity index (χ4v) is 3.71. The van der Waals surface area contributed by atoms with E-state index in [0.29, 0.717) is 21.9 Å².